The average molecular weight is 489 g/mol. The van der Waals surface area contributed by atoms with E-state index in [2.05, 4.69) is 59.3 Å². The van der Waals surface area contributed by atoms with Gasteiger partial charge in [0.25, 0.3) is 0 Å². The number of thiophene rings is 1. The van der Waals surface area contributed by atoms with Crippen LogP contribution >= 0.6 is 70.7 Å². The normalized spacial score (nSPS) is 12.7. The molecule has 7 heteroatoms. The number of hydrogen-bond acceptors (Lipinski definition) is 3. The molecule has 3 N–H and O–H groups in total. The molecule has 0 aliphatic rings. The van der Waals surface area contributed by atoms with Gasteiger partial charge in [-0.1, -0.05) is 33.6 Å². The maximum Gasteiger partial charge on any atom is 0.0843 e. The van der Waals surface area contributed by atoms with E-state index in [4.69, 9.17) is 17.4 Å². The molecule has 19 heavy (non-hydrogen) atoms. The lowest BCUT2D eigenvalue weighted by Crippen LogP contribution is -2.29. The van der Waals surface area contributed by atoms with Gasteiger partial charge in [-0.3, -0.25) is 11.3 Å². The third-order valence-electron chi connectivity index (χ3n) is 2.65. The Labute approximate surface area is 146 Å². The Bertz CT molecular complexity index is 569. The van der Waals surface area contributed by atoms with Gasteiger partial charge in [0.1, 0.15) is 0 Å². The molecule has 1 heterocycles. The summed E-state index contributed by atoms with van der Waals surface area (Å²) in [5.41, 5.74) is 3.91. The third kappa shape index (κ3) is 4.03. The van der Waals surface area contributed by atoms with E-state index >= 15 is 0 Å². The SMILES string of the molecule is NNC(Cc1ccc(Br)cc1Cl)c1cc(Br)c(Br)s1. The summed E-state index contributed by atoms with van der Waals surface area (Å²) in [5, 5.41) is 0.740. The smallest absolute Gasteiger partial charge is 0.0843 e. The molecule has 1 atom stereocenters. The summed E-state index contributed by atoms with van der Waals surface area (Å²) >= 11 is 18.3. The number of benzene rings is 1. The van der Waals surface area contributed by atoms with Crippen molar-refractivity contribution in [2.24, 2.45) is 5.84 Å². The Balaban J connectivity index is 2.23. The second kappa shape index (κ2) is 7.02. The lowest BCUT2D eigenvalue weighted by Gasteiger charge is -2.15. The van der Waals surface area contributed by atoms with Gasteiger partial charge in [0.05, 0.1) is 9.83 Å². The molecule has 0 saturated carbocycles. The molecule has 102 valence electrons. The van der Waals surface area contributed by atoms with Gasteiger partial charge in [-0.25, -0.2) is 0 Å². The maximum absolute atomic E-state index is 6.24. The van der Waals surface area contributed by atoms with Crippen LogP contribution in [0.2, 0.25) is 5.02 Å². The van der Waals surface area contributed by atoms with Crippen LogP contribution in [0.15, 0.2) is 37.0 Å². The Morgan fingerprint density at radius 2 is 2.00 bits per heavy atom. The van der Waals surface area contributed by atoms with Crippen LogP contribution in [-0.2, 0) is 6.42 Å². The Morgan fingerprint density at radius 1 is 1.26 bits per heavy atom. The molecule has 0 spiro atoms. The molecule has 0 radical (unpaired) electrons. The van der Waals surface area contributed by atoms with Crippen LogP contribution in [0.25, 0.3) is 0 Å². The fourth-order valence-electron chi connectivity index (χ4n) is 1.68. The van der Waals surface area contributed by atoms with E-state index in [0.29, 0.717) is 0 Å². The molecule has 0 amide bonds. The monoisotopic (exact) mass is 486 g/mol. The van der Waals surface area contributed by atoms with Crippen molar-refractivity contribution >= 4 is 70.7 Å². The van der Waals surface area contributed by atoms with Crippen molar-refractivity contribution < 1.29 is 0 Å². The van der Waals surface area contributed by atoms with Crippen molar-refractivity contribution in [3.05, 3.63) is 52.5 Å². The summed E-state index contributed by atoms with van der Waals surface area (Å²) in [5.74, 6) is 5.67. The quantitative estimate of drug-likeness (QED) is 0.444. The van der Waals surface area contributed by atoms with Crippen LogP contribution in [0, 0.1) is 0 Å². The number of hydrogen-bond donors (Lipinski definition) is 2. The van der Waals surface area contributed by atoms with E-state index in [1.807, 2.05) is 18.2 Å². The summed E-state index contributed by atoms with van der Waals surface area (Å²) in [6, 6.07) is 7.98. The van der Waals surface area contributed by atoms with Crippen molar-refractivity contribution in [3.8, 4) is 0 Å². The predicted molar refractivity (Wildman–Crippen MR) is 92.6 cm³/mol. The Hall–Kier alpha value is 0.570. The number of halogens is 4. The minimum absolute atomic E-state index is 0.0336. The lowest BCUT2D eigenvalue weighted by atomic mass is 10.1. The van der Waals surface area contributed by atoms with Crippen molar-refractivity contribution in [2.75, 3.05) is 0 Å². The molecule has 1 aromatic carbocycles. The van der Waals surface area contributed by atoms with Gasteiger partial charge in [0.2, 0.25) is 0 Å². The first-order valence-corrected chi connectivity index (χ1v) is 8.93. The lowest BCUT2D eigenvalue weighted by molar-refractivity contribution is 0.560. The Kier molecular flexibility index (Phi) is 5.90. The van der Waals surface area contributed by atoms with E-state index in [0.717, 1.165) is 34.6 Å². The van der Waals surface area contributed by atoms with E-state index in [-0.39, 0.29) is 6.04 Å². The zero-order chi connectivity index (χ0) is 14.0. The zero-order valence-corrected chi connectivity index (χ0v) is 15.9. The number of nitrogens with one attached hydrogen (secondary N) is 1. The fraction of sp³-hybridized carbons (Fsp3) is 0.167. The minimum atomic E-state index is 0.0336. The van der Waals surface area contributed by atoms with Crippen molar-refractivity contribution in [2.45, 2.75) is 12.5 Å². The molecule has 2 nitrogen and oxygen atoms in total. The van der Waals surface area contributed by atoms with Crippen molar-refractivity contribution in [3.63, 3.8) is 0 Å². The molecule has 1 unspecified atom stereocenters. The Morgan fingerprint density at radius 3 is 2.53 bits per heavy atom. The van der Waals surface area contributed by atoms with Gasteiger partial charge in [0, 0.05) is 18.8 Å². The zero-order valence-electron chi connectivity index (χ0n) is 9.59. The molecule has 0 aliphatic carbocycles. The highest BCUT2D eigenvalue weighted by atomic mass is 79.9. The summed E-state index contributed by atoms with van der Waals surface area (Å²) in [7, 11) is 0. The fourth-order valence-corrected chi connectivity index (χ4v) is 4.58. The molecular weight excluding hydrogens is 479 g/mol. The van der Waals surface area contributed by atoms with Crippen molar-refractivity contribution in [1.29, 1.82) is 0 Å². The minimum Gasteiger partial charge on any atom is -0.271 e. The largest absolute Gasteiger partial charge is 0.271 e. The summed E-state index contributed by atoms with van der Waals surface area (Å²) in [6.07, 6.45) is 0.738. The van der Waals surface area contributed by atoms with Crippen LogP contribution in [0.5, 0.6) is 0 Å². The average Bonchev–Trinajstić information content (AvgIpc) is 2.68. The maximum atomic E-state index is 6.24. The standard InChI is InChI=1S/C12H10Br3ClN2S/c13-7-2-1-6(9(16)4-7)3-10(18-17)11-5-8(14)12(15)19-11/h1-2,4-5,10,18H,3,17H2. The van der Waals surface area contributed by atoms with Crippen LogP contribution in [-0.4, -0.2) is 0 Å². The second-order valence-electron chi connectivity index (χ2n) is 3.93. The summed E-state index contributed by atoms with van der Waals surface area (Å²) in [6.45, 7) is 0. The first kappa shape index (κ1) is 15.9. The van der Waals surface area contributed by atoms with Crippen molar-refractivity contribution in [1.82, 2.24) is 5.43 Å². The van der Waals surface area contributed by atoms with Crippen LogP contribution in [0.1, 0.15) is 16.5 Å². The predicted octanol–water partition coefficient (Wildman–Crippen LogP) is 5.44. The number of hydrazine groups is 1. The molecule has 0 aliphatic heterocycles. The summed E-state index contributed by atoms with van der Waals surface area (Å²) in [4.78, 5) is 1.15. The van der Waals surface area contributed by atoms with Gasteiger partial charge in [-0.15, -0.1) is 11.3 Å². The molecule has 0 fully saturated rings. The second-order valence-corrected chi connectivity index (χ2v) is 8.51. The van der Waals surface area contributed by atoms with Gasteiger partial charge in [-0.2, -0.15) is 0 Å². The van der Waals surface area contributed by atoms with E-state index in [9.17, 15) is 0 Å². The van der Waals surface area contributed by atoms with E-state index in [1.165, 1.54) is 0 Å². The molecular formula is C12H10Br3ClN2S. The van der Waals surface area contributed by atoms with Gasteiger partial charge < -0.3 is 0 Å². The van der Waals surface area contributed by atoms with Crippen LogP contribution < -0.4 is 11.3 Å². The highest BCUT2D eigenvalue weighted by Crippen LogP contribution is 2.37. The molecule has 0 bridgehead atoms. The highest BCUT2D eigenvalue weighted by molar-refractivity contribution is 9.13. The third-order valence-corrected chi connectivity index (χ3v) is 6.86. The number of rotatable bonds is 4. The first-order chi connectivity index (χ1) is 9.01. The first-order valence-electron chi connectivity index (χ1n) is 5.36. The van der Waals surface area contributed by atoms with E-state index in [1.54, 1.807) is 11.3 Å². The van der Waals surface area contributed by atoms with Gasteiger partial charge in [-0.05, 0) is 62.0 Å². The van der Waals surface area contributed by atoms with Gasteiger partial charge in [0.15, 0.2) is 0 Å². The topological polar surface area (TPSA) is 38.0 Å². The molecule has 2 rings (SSSR count). The van der Waals surface area contributed by atoms with Gasteiger partial charge >= 0.3 is 0 Å². The molecule has 1 aromatic heterocycles. The highest BCUT2D eigenvalue weighted by Gasteiger charge is 2.16. The number of nitrogens with two attached hydrogens (primary N) is 1. The molecule has 0 saturated heterocycles. The molecule has 2 aromatic rings. The summed E-state index contributed by atoms with van der Waals surface area (Å²) < 4.78 is 3.07. The van der Waals surface area contributed by atoms with E-state index < -0.39 is 0 Å². The van der Waals surface area contributed by atoms with Crippen LogP contribution in [0.4, 0.5) is 0 Å². The van der Waals surface area contributed by atoms with Crippen LogP contribution in [0.3, 0.4) is 0 Å².